The minimum Gasteiger partial charge on any atom is -0.497 e. The monoisotopic (exact) mass is 395 g/mol. The predicted molar refractivity (Wildman–Crippen MR) is 115 cm³/mol. The van der Waals surface area contributed by atoms with Gasteiger partial charge in [0.15, 0.2) is 6.04 Å². The molecule has 2 unspecified atom stereocenters. The molecule has 0 aromatic heterocycles. The Morgan fingerprint density at radius 3 is 2.38 bits per heavy atom. The topological polar surface area (TPSA) is 44.9 Å². The quantitative estimate of drug-likeness (QED) is 0.773. The first-order valence-electron chi connectivity index (χ1n) is 10.6. The Bertz CT molecular complexity index is 876. The van der Waals surface area contributed by atoms with Crippen LogP contribution in [0, 0.1) is 0 Å². The summed E-state index contributed by atoms with van der Waals surface area (Å²) in [6, 6.07) is 15.8. The summed E-state index contributed by atoms with van der Waals surface area (Å²) in [6.07, 6.45) is 4.50. The van der Waals surface area contributed by atoms with E-state index in [1.54, 1.807) is 7.11 Å². The molecule has 2 aliphatic heterocycles. The van der Waals surface area contributed by atoms with Crippen LogP contribution in [0.15, 0.2) is 48.5 Å². The number of hydrogen-bond acceptors (Lipinski definition) is 4. The van der Waals surface area contributed by atoms with Gasteiger partial charge in [-0.3, -0.25) is 4.58 Å². The Morgan fingerprint density at radius 2 is 1.72 bits per heavy atom. The molecule has 0 fully saturated rings. The van der Waals surface area contributed by atoms with E-state index in [2.05, 4.69) is 16.4 Å². The van der Waals surface area contributed by atoms with Crippen molar-refractivity contribution in [2.45, 2.75) is 51.3 Å². The number of ether oxygens (including phenoxy) is 2. The standard InChI is InChI=1S/C24H31N2O3/c1-4-29-22-15-11-20(12-16-22)26-23-8-6-5-7-17-25(23)18(2)24(26,27)19-9-13-21(28-3)14-10-19/h9-16,18,27H,4-8,17H2,1-3H3/q+1. The van der Waals surface area contributed by atoms with Crippen molar-refractivity contribution in [1.82, 2.24) is 0 Å². The van der Waals surface area contributed by atoms with Crippen molar-refractivity contribution in [2.75, 3.05) is 25.2 Å². The van der Waals surface area contributed by atoms with Crippen LogP contribution in [-0.2, 0) is 5.72 Å². The Hall–Kier alpha value is -2.53. The van der Waals surface area contributed by atoms with Crippen molar-refractivity contribution < 1.29 is 19.2 Å². The maximum Gasteiger partial charge on any atom is 0.278 e. The van der Waals surface area contributed by atoms with Gasteiger partial charge in [0.2, 0.25) is 0 Å². The first-order valence-corrected chi connectivity index (χ1v) is 10.6. The first-order chi connectivity index (χ1) is 14.1. The highest BCUT2D eigenvalue weighted by molar-refractivity contribution is 5.97. The third kappa shape index (κ3) is 3.38. The van der Waals surface area contributed by atoms with Crippen molar-refractivity contribution >= 4 is 11.5 Å². The molecule has 0 saturated heterocycles. The van der Waals surface area contributed by atoms with Gasteiger partial charge in [0.05, 0.1) is 20.3 Å². The van der Waals surface area contributed by atoms with Crippen molar-refractivity contribution in [3.05, 3.63) is 54.1 Å². The largest absolute Gasteiger partial charge is 0.497 e. The number of methoxy groups -OCH3 is 1. The normalized spacial score (nSPS) is 24.3. The van der Waals surface area contributed by atoms with Gasteiger partial charge in [0.25, 0.3) is 11.6 Å². The van der Waals surface area contributed by atoms with Crippen LogP contribution in [0.1, 0.15) is 45.1 Å². The molecule has 29 heavy (non-hydrogen) atoms. The van der Waals surface area contributed by atoms with Crippen LogP contribution in [0.2, 0.25) is 0 Å². The lowest BCUT2D eigenvalue weighted by atomic mass is 9.93. The molecule has 0 bridgehead atoms. The molecule has 4 rings (SSSR count). The van der Waals surface area contributed by atoms with E-state index < -0.39 is 5.72 Å². The van der Waals surface area contributed by atoms with Gasteiger partial charge >= 0.3 is 0 Å². The molecule has 2 aromatic carbocycles. The Balaban J connectivity index is 1.81. The van der Waals surface area contributed by atoms with Crippen LogP contribution in [0.5, 0.6) is 11.5 Å². The molecule has 2 aromatic rings. The average Bonchev–Trinajstić information content (AvgIpc) is 2.90. The fraction of sp³-hybridized carbons (Fsp3) is 0.458. The molecule has 2 heterocycles. The number of amidine groups is 1. The summed E-state index contributed by atoms with van der Waals surface area (Å²) in [5, 5.41) is 12.2. The number of hydrogen-bond donors (Lipinski definition) is 1. The van der Waals surface area contributed by atoms with E-state index in [0.29, 0.717) is 6.61 Å². The molecule has 1 N–H and O–H groups in total. The number of anilines is 1. The second-order valence-electron chi connectivity index (χ2n) is 7.81. The van der Waals surface area contributed by atoms with Gasteiger partial charge < -0.3 is 14.6 Å². The van der Waals surface area contributed by atoms with Gasteiger partial charge in [-0.1, -0.05) is 0 Å². The molecule has 0 amide bonds. The lowest BCUT2D eigenvalue weighted by Gasteiger charge is -2.32. The summed E-state index contributed by atoms with van der Waals surface area (Å²) in [5.74, 6) is 2.84. The zero-order valence-corrected chi connectivity index (χ0v) is 17.6. The summed E-state index contributed by atoms with van der Waals surface area (Å²) in [5.41, 5.74) is 0.713. The molecule has 5 heteroatoms. The summed E-state index contributed by atoms with van der Waals surface area (Å²) in [7, 11) is 1.66. The van der Waals surface area contributed by atoms with Crippen molar-refractivity contribution in [2.24, 2.45) is 0 Å². The van der Waals surface area contributed by atoms with E-state index in [4.69, 9.17) is 9.47 Å². The maximum absolute atomic E-state index is 12.2. The molecular weight excluding hydrogens is 364 g/mol. The molecule has 154 valence electrons. The molecule has 0 aliphatic carbocycles. The van der Waals surface area contributed by atoms with E-state index >= 15 is 0 Å². The Kier molecular flexibility index (Phi) is 5.50. The number of nitrogens with zero attached hydrogens (tertiary/aromatic N) is 2. The second-order valence-corrected chi connectivity index (χ2v) is 7.81. The van der Waals surface area contributed by atoms with Crippen LogP contribution in [0.4, 0.5) is 5.69 Å². The second kappa shape index (κ2) is 8.07. The van der Waals surface area contributed by atoms with Gasteiger partial charge in [-0.15, -0.1) is 0 Å². The van der Waals surface area contributed by atoms with Crippen LogP contribution >= 0.6 is 0 Å². The lowest BCUT2D eigenvalue weighted by Crippen LogP contribution is -2.51. The van der Waals surface area contributed by atoms with E-state index in [1.807, 2.05) is 55.5 Å². The van der Waals surface area contributed by atoms with E-state index in [0.717, 1.165) is 48.6 Å². The van der Waals surface area contributed by atoms with Crippen LogP contribution in [0.25, 0.3) is 0 Å². The van der Waals surface area contributed by atoms with Crippen LogP contribution in [-0.4, -0.2) is 41.8 Å². The maximum atomic E-state index is 12.2. The van der Waals surface area contributed by atoms with Gasteiger partial charge in [-0.2, -0.15) is 4.90 Å². The summed E-state index contributed by atoms with van der Waals surface area (Å²) in [6.45, 7) is 5.73. The van der Waals surface area contributed by atoms with Gasteiger partial charge in [0, 0.05) is 12.0 Å². The number of benzene rings is 2. The van der Waals surface area contributed by atoms with Crippen molar-refractivity contribution in [3.8, 4) is 11.5 Å². The van der Waals surface area contributed by atoms with Crippen molar-refractivity contribution in [1.29, 1.82) is 0 Å². The highest BCUT2D eigenvalue weighted by Crippen LogP contribution is 2.42. The molecular formula is C24H31N2O3+. The predicted octanol–water partition coefficient (Wildman–Crippen LogP) is 4.13. The molecule has 0 saturated carbocycles. The lowest BCUT2D eigenvalue weighted by molar-refractivity contribution is -0.571. The molecule has 2 atom stereocenters. The smallest absolute Gasteiger partial charge is 0.278 e. The molecule has 0 spiro atoms. The Morgan fingerprint density at radius 1 is 1.03 bits per heavy atom. The fourth-order valence-electron chi connectivity index (χ4n) is 4.68. The van der Waals surface area contributed by atoms with E-state index in [1.165, 1.54) is 12.3 Å². The third-order valence-corrected chi connectivity index (χ3v) is 6.20. The van der Waals surface area contributed by atoms with Gasteiger partial charge in [0.1, 0.15) is 17.2 Å². The van der Waals surface area contributed by atoms with Gasteiger partial charge in [-0.05, 0) is 81.6 Å². The zero-order chi connectivity index (χ0) is 20.4. The summed E-state index contributed by atoms with van der Waals surface area (Å²) >= 11 is 0. The highest BCUT2D eigenvalue weighted by atomic mass is 16.5. The average molecular weight is 396 g/mol. The third-order valence-electron chi connectivity index (χ3n) is 6.20. The molecule has 5 nitrogen and oxygen atoms in total. The number of aliphatic hydroxyl groups is 1. The fourth-order valence-corrected chi connectivity index (χ4v) is 4.68. The molecule has 0 radical (unpaired) electrons. The summed E-state index contributed by atoms with van der Waals surface area (Å²) < 4.78 is 13.3. The summed E-state index contributed by atoms with van der Waals surface area (Å²) in [4.78, 5) is 2.14. The number of rotatable bonds is 5. The Labute approximate surface area is 173 Å². The van der Waals surface area contributed by atoms with Crippen LogP contribution in [0.3, 0.4) is 0 Å². The van der Waals surface area contributed by atoms with E-state index in [9.17, 15) is 5.11 Å². The SMILES string of the molecule is CCOc1ccc(N2C3=[N+](CCCCC3)C(C)C2(O)c2ccc(OC)cc2)cc1. The first kappa shape index (κ1) is 19.8. The minimum atomic E-state index is -1.15. The van der Waals surface area contributed by atoms with Crippen molar-refractivity contribution in [3.63, 3.8) is 0 Å². The van der Waals surface area contributed by atoms with E-state index in [-0.39, 0.29) is 6.04 Å². The zero-order valence-electron chi connectivity index (χ0n) is 17.6. The van der Waals surface area contributed by atoms with Gasteiger partial charge in [-0.25, -0.2) is 0 Å². The molecule has 2 aliphatic rings. The minimum absolute atomic E-state index is 0.0597. The highest BCUT2D eigenvalue weighted by Gasteiger charge is 2.59. The van der Waals surface area contributed by atoms with Crippen LogP contribution < -0.4 is 14.4 Å².